The Morgan fingerprint density at radius 3 is 2.68 bits per heavy atom. The summed E-state index contributed by atoms with van der Waals surface area (Å²) in [5, 5.41) is 14.6. The maximum atomic E-state index is 14.0. The van der Waals surface area contributed by atoms with E-state index < -0.39 is 17.6 Å². The topological polar surface area (TPSA) is 75.2 Å². The number of nitrogens with one attached hydrogen (secondary N) is 1. The molecule has 1 aromatic heterocycles. The molecular formula is C11H7BrF2N2O3. The number of ether oxygens (including phenoxy) is 1. The summed E-state index contributed by atoms with van der Waals surface area (Å²) >= 11 is 2.87. The zero-order chi connectivity index (χ0) is 14.2. The fourth-order valence-corrected chi connectivity index (χ4v) is 1.97. The van der Waals surface area contributed by atoms with Crippen LogP contribution in [0, 0.1) is 11.6 Å². The molecule has 5 nitrogen and oxygen atoms in total. The molecule has 1 aromatic carbocycles. The highest BCUT2D eigenvalue weighted by molar-refractivity contribution is 9.10. The quantitative estimate of drug-likeness (QED) is 0.847. The van der Waals surface area contributed by atoms with Gasteiger partial charge in [-0.25, -0.2) is 13.6 Å². The van der Waals surface area contributed by atoms with Crippen molar-refractivity contribution in [1.29, 1.82) is 0 Å². The molecule has 0 saturated heterocycles. The molecule has 1 heterocycles. The monoisotopic (exact) mass is 332 g/mol. The Bertz CT molecular complexity index is 658. The molecule has 8 heteroatoms. The van der Waals surface area contributed by atoms with Crippen molar-refractivity contribution in [3.05, 3.63) is 33.9 Å². The second kappa shape index (κ2) is 4.96. The summed E-state index contributed by atoms with van der Waals surface area (Å²) in [5.74, 6) is -3.18. The van der Waals surface area contributed by atoms with E-state index in [1.807, 2.05) is 0 Å². The Morgan fingerprint density at radius 1 is 1.47 bits per heavy atom. The SMILES string of the molecule is COc1c(F)cc(Br)c(F)c1-c1cc(C(=O)O)[nH]n1. The summed E-state index contributed by atoms with van der Waals surface area (Å²) in [6.07, 6.45) is 0. The molecule has 0 bridgehead atoms. The van der Waals surface area contributed by atoms with Crippen LogP contribution < -0.4 is 4.74 Å². The molecule has 0 aliphatic heterocycles. The maximum absolute atomic E-state index is 14.0. The van der Waals surface area contributed by atoms with Gasteiger partial charge in [-0.2, -0.15) is 5.10 Å². The lowest BCUT2D eigenvalue weighted by Crippen LogP contribution is -1.97. The van der Waals surface area contributed by atoms with Gasteiger partial charge in [0.05, 0.1) is 22.8 Å². The van der Waals surface area contributed by atoms with Crippen molar-refractivity contribution in [3.63, 3.8) is 0 Å². The van der Waals surface area contributed by atoms with Crippen LogP contribution in [0.15, 0.2) is 16.6 Å². The number of rotatable bonds is 3. The van der Waals surface area contributed by atoms with E-state index in [1.165, 1.54) is 7.11 Å². The van der Waals surface area contributed by atoms with Crippen molar-refractivity contribution in [1.82, 2.24) is 10.2 Å². The van der Waals surface area contributed by atoms with Gasteiger partial charge < -0.3 is 9.84 Å². The third kappa shape index (κ3) is 2.30. The van der Waals surface area contributed by atoms with Gasteiger partial charge in [-0.15, -0.1) is 0 Å². The zero-order valence-electron chi connectivity index (χ0n) is 9.50. The van der Waals surface area contributed by atoms with E-state index >= 15 is 0 Å². The van der Waals surface area contributed by atoms with Gasteiger partial charge in [0, 0.05) is 0 Å². The van der Waals surface area contributed by atoms with Crippen molar-refractivity contribution >= 4 is 21.9 Å². The number of carbonyl (C=O) groups is 1. The van der Waals surface area contributed by atoms with Gasteiger partial charge in [0.15, 0.2) is 17.4 Å². The smallest absolute Gasteiger partial charge is 0.353 e. The van der Waals surface area contributed by atoms with Gasteiger partial charge >= 0.3 is 5.97 Å². The Kier molecular flexibility index (Phi) is 3.52. The Balaban J connectivity index is 2.69. The van der Waals surface area contributed by atoms with Crippen LogP contribution in [-0.4, -0.2) is 28.4 Å². The van der Waals surface area contributed by atoms with Gasteiger partial charge in [-0.05, 0) is 28.1 Å². The van der Waals surface area contributed by atoms with E-state index in [4.69, 9.17) is 9.84 Å². The molecule has 2 rings (SSSR count). The number of aromatic amines is 1. The minimum absolute atomic E-state index is 0.0630. The standard InChI is InChI=1S/C11H7BrF2N2O3/c1-19-10-5(13)2-4(12)9(14)8(10)6-3-7(11(17)18)16-15-6/h2-3H,1H3,(H,15,16)(H,17,18). The fourth-order valence-electron chi connectivity index (χ4n) is 1.57. The second-order valence-corrected chi connectivity index (χ2v) is 4.39. The highest BCUT2D eigenvalue weighted by Gasteiger charge is 2.22. The van der Waals surface area contributed by atoms with Crippen LogP contribution in [0.4, 0.5) is 8.78 Å². The molecule has 0 saturated carbocycles. The van der Waals surface area contributed by atoms with Crippen molar-refractivity contribution in [2.45, 2.75) is 0 Å². The number of carboxylic acids is 1. The van der Waals surface area contributed by atoms with E-state index in [1.54, 1.807) is 0 Å². The largest absolute Gasteiger partial charge is 0.493 e. The predicted octanol–water partition coefficient (Wildman–Crippen LogP) is 2.82. The number of aromatic nitrogens is 2. The van der Waals surface area contributed by atoms with Crippen molar-refractivity contribution in [2.24, 2.45) is 0 Å². The highest BCUT2D eigenvalue weighted by Crippen LogP contribution is 2.37. The van der Waals surface area contributed by atoms with E-state index in [9.17, 15) is 13.6 Å². The van der Waals surface area contributed by atoms with Gasteiger partial charge in [0.25, 0.3) is 0 Å². The predicted molar refractivity (Wildman–Crippen MR) is 65.2 cm³/mol. The molecule has 0 aliphatic carbocycles. The normalized spacial score (nSPS) is 10.5. The number of hydrogen-bond donors (Lipinski definition) is 2. The van der Waals surface area contributed by atoms with Crippen LogP contribution in [0.1, 0.15) is 10.5 Å². The average Bonchev–Trinajstić information content (AvgIpc) is 2.82. The molecule has 0 spiro atoms. The number of methoxy groups -OCH3 is 1. The van der Waals surface area contributed by atoms with Crippen molar-refractivity contribution < 1.29 is 23.4 Å². The van der Waals surface area contributed by atoms with Crippen molar-refractivity contribution in [2.75, 3.05) is 7.11 Å². The molecule has 0 fully saturated rings. The summed E-state index contributed by atoms with van der Waals surface area (Å²) < 4.78 is 32.4. The first-order chi connectivity index (χ1) is 8.95. The summed E-state index contributed by atoms with van der Waals surface area (Å²) in [6.45, 7) is 0. The van der Waals surface area contributed by atoms with Crippen LogP contribution in [0.3, 0.4) is 0 Å². The van der Waals surface area contributed by atoms with Crippen LogP contribution >= 0.6 is 15.9 Å². The number of hydrogen-bond acceptors (Lipinski definition) is 3. The molecule has 0 aliphatic rings. The Hall–Kier alpha value is -1.96. The summed E-state index contributed by atoms with van der Waals surface area (Å²) in [5.41, 5.74) is -0.554. The number of halogens is 3. The molecule has 2 N–H and O–H groups in total. The van der Waals surface area contributed by atoms with Crippen LogP contribution in [0.25, 0.3) is 11.3 Å². The third-order valence-corrected chi connectivity index (χ3v) is 2.97. The van der Waals surface area contributed by atoms with Crippen molar-refractivity contribution in [3.8, 4) is 17.0 Å². The number of aromatic carboxylic acids is 1. The van der Waals surface area contributed by atoms with Gasteiger partial charge in [0.1, 0.15) is 5.69 Å². The summed E-state index contributed by atoms with van der Waals surface area (Å²) in [4.78, 5) is 10.7. The first-order valence-electron chi connectivity index (χ1n) is 4.96. The number of carboxylic acid groups (broad SMARTS) is 1. The van der Waals surface area contributed by atoms with Crippen LogP contribution in [0.5, 0.6) is 5.75 Å². The third-order valence-electron chi connectivity index (χ3n) is 2.40. The molecule has 100 valence electrons. The lowest BCUT2D eigenvalue weighted by atomic mass is 10.1. The molecular weight excluding hydrogens is 326 g/mol. The number of H-pyrrole nitrogens is 1. The summed E-state index contributed by atoms with van der Waals surface area (Å²) in [6, 6.07) is 2.01. The minimum Gasteiger partial charge on any atom is -0.493 e. The summed E-state index contributed by atoms with van der Waals surface area (Å²) in [7, 11) is 1.18. The molecule has 0 radical (unpaired) electrons. The molecule has 0 unspecified atom stereocenters. The van der Waals surface area contributed by atoms with Gasteiger partial charge in [0.2, 0.25) is 0 Å². The zero-order valence-corrected chi connectivity index (χ0v) is 11.1. The Labute approximate surface area is 114 Å². The fraction of sp³-hybridized carbons (Fsp3) is 0.0909. The molecule has 0 amide bonds. The number of nitrogens with zero attached hydrogens (tertiary/aromatic N) is 1. The van der Waals surface area contributed by atoms with E-state index in [0.717, 1.165) is 12.1 Å². The average molecular weight is 333 g/mol. The number of benzene rings is 1. The Morgan fingerprint density at radius 2 is 2.16 bits per heavy atom. The van der Waals surface area contributed by atoms with E-state index in [2.05, 4.69) is 26.1 Å². The first-order valence-corrected chi connectivity index (χ1v) is 5.75. The maximum Gasteiger partial charge on any atom is 0.353 e. The lowest BCUT2D eigenvalue weighted by Gasteiger charge is -2.09. The van der Waals surface area contributed by atoms with Gasteiger partial charge in [-0.3, -0.25) is 5.10 Å². The van der Waals surface area contributed by atoms with Crippen LogP contribution in [-0.2, 0) is 0 Å². The van der Waals surface area contributed by atoms with E-state index in [0.29, 0.717) is 0 Å². The highest BCUT2D eigenvalue weighted by atomic mass is 79.9. The van der Waals surface area contributed by atoms with E-state index in [-0.39, 0.29) is 27.2 Å². The second-order valence-electron chi connectivity index (χ2n) is 3.53. The molecule has 2 aromatic rings. The minimum atomic E-state index is -1.26. The lowest BCUT2D eigenvalue weighted by molar-refractivity contribution is 0.0690. The first kappa shape index (κ1) is 13.5. The van der Waals surface area contributed by atoms with Gasteiger partial charge in [-0.1, -0.05) is 0 Å². The molecule has 19 heavy (non-hydrogen) atoms. The van der Waals surface area contributed by atoms with Crippen LogP contribution in [0.2, 0.25) is 0 Å². The molecule has 0 atom stereocenters.